The summed E-state index contributed by atoms with van der Waals surface area (Å²) in [4.78, 5) is 19.1. The Balaban J connectivity index is 1.32. The highest BCUT2D eigenvalue weighted by Gasteiger charge is 2.60. The van der Waals surface area contributed by atoms with E-state index in [1.54, 1.807) is 12.4 Å². The largest absolute Gasteiger partial charge is 0.450 e. The maximum atomic E-state index is 6.39. The van der Waals surface area contributed by atoms with Crippen molar-refractivity contribution in [3.05, 3.63) is 42.9 Å². The highest BCUT2D eigenvalue weighted by atomic mass is 16.7. The monoisotopic (exact) mass is 366 g/mol. The topological polar surface area (TPSA) is 68.6 Å². The van der Waals surface area contributed by atoms with Gasteiger partial charge in [0.15, 0.2) is 12.1 Å². The fourth-order valence-electron chi connectivity index (χ4n) is 4.73. The van der Waals surface area contributed by atoms with E-state index in [0.29, 0.717) is 23.1 Å². The first-order chi connectivity index (χ1) is 13.2. The predicted octanol–water partition coefficient (Wildman–Crippen LogP) is 2.48. The van der Waals surface area contributed by atoms with Gasteiger partial charge >= 0.3 is 0 Å². The molecule has 1 atom stereocenters. The number of hydroxylamine groups is 3. The number of piperidine rings is 3. The molecule has 2 aromatic heterocycles. The Morgan fingerprint density at radius 1 is 1.22 bits per heavy atom. The minimum absolute atomic E-state index is 0.240. The third-order valence-corrected chi connectivity index (χ3v) is 6.24. The van der Waals surface area contributed by atoms with Crippen LogP contribution in [0.4, 0.5) is 5.82 Å². The van der Waals surface area contributed by atoms with Crippen molar-refractivity contribution in [1.82, 2.24) is 9.97 Å². The van der Waals surface area contributed by atoms with E-state index < -0.39 is 0 Å². The van der Waals surface area contributed by atoms with Gasteiger partial charge in [0.2, 0.25) is 0 Å². The summed E-state index contributed by atoms with van der Waals surface area (Å²) in [5.41, 5.74) is 1.87. The minimum Gasteiger partial charge on any atom is -0.450 e. The lowest BCUT2D eigenvalue weighted by Gasteiger charge is -2.53. The number of ether oxygens (including phenoxy) is 1. The third kappa shape index (κ3) is 2.87. The Labute approximate surface area is 158 Å². The molecule has 1 spiro atoms. The molecule has 3 fully saturated rings. The fraction of sp³-hybridized carbons (Fsp3) is 0.450. The first-order valence-corrected chi connectivity index (χ1v) is 9.49. The van der Waals surface area contributed by atoms with Crippen molar-refractivity contribution in [3.63, 3.8) is 0 Å². The maximum absolute atomic E-state index is 6.39. The molecule has 0 aliphatic carbocycles. The first-order valence-electron chi connectivity index (χ1n) is 9.49. The van der Waals surface area contributed by atoms with Crippen LogP contribution in [0.1, 0.15) is 12.8 Å². The molecule has 7 heteroatoms. The summed E-state index contributed by atoms with van der Waals surface area (Å²) in [6.07, 6.45) is 7.66. The van der Waals surface area contributed by atoms with Gasteiger partial charge in [-0.2, -0.15) is 4.65 Å². The molecule has 140 valence electrons. The van der Waals surface area contributed by atoms with E-state index in [-0.39, 0.29) is 5.60 Å². The summed E-state index contributed by atoms with van der Waals surface area (Å²) in [6.45, 7) is 3.70. The highest BCUT2D eigenvalue weighted by molar-refractivity contribution is 5.90. The van der Waals surface area contributed by atoms with Crippen LogP contribution in [0.25, 0.3) is 11.1 Å². The second-order valence-electron chi connectivity index (χ2n) is 7.70. The van der Waals surface area contributed by atoms with E-state index in [0.717, 1.165) is 49.4 Å². The van der Waals surface area contributed by atoms with E-state index in [1.165, 1.54) is 0 Å². The Kier molecular flexibility index (Phi) is 3.87. The van der Waals surface area contributed by atoms with Crippen molar-refractivity contribution < 1.29 is 14.2 Å². The van der Waals surface area contributed by atoms with Crippen LogP contribution in [-0.2, 0) is 9.57 Å². The number of anilines is 1. The van der Waals surface area contributed by atoms with Gasteiger partial charge in [-0.05, 0) is 23.8 Å². The van der Waals surface area contributed by atoms with E-state index in [9.17, 15) is 0 Å². The Hall–Kier alpha value is -2.51. The number of aliphatic imine (C=N–C) groups is 1. The average molecular weight is 366 g/mol. The molecule has 27 heavy (non-hydrogen) atoms. The molecule has 6 heterocycles. The van der Waals surface area contributed by atoms with Crippen LogP contribution >= 0.6 is 0 Å². The Morgan fingerprint density at radius 3 is 2.89 bits per heavy atom. The third-order valence-electron chi connectivity index (χ3n) is 6.24. The van der Waals surface area contributed by atoms with Gasteiger partial charge in [-0.1, -0.05) is 6.07 Å². The molecule has 0 aromatic carbocycles. The van der Waals surface area contributed by atoms with E-state index in [1.807, 2.05) is 37.6 Å². The Bertz CT molecular complexity index is 864. The summed E-state index contributed by atoms with van der Waals surface area (Å²) in [6, 6.07) is 8.49. The average Bonchev–Trinajstić information content (AvgIpc) is 3.11. The van der Waals surface area contributed by atoms with Crippen LogP contribution in [0.2, 0.25) is 0 Å². The molecular formula is C20H24N5O2+. The smallest absolute Gasteiger partial charge is 0.291 e. The van der Waals surface area contributed by atoms with Crippen LogP contribution in [0, 0.1) is 5.92 Å². The number of rotatable bonds is 3. The first kappa shape index (κ1) is 16.6. The molecule has 2 aromatic rings. The highest BCUT2D eigenvalue weighted by Crippen LogP contribution is 2.44. The van der Waals surface area contributed by atoms with Gasteiger partial charge in [-0.15, -0.1) is 0 Å². The zero-order chi connectivity index (χ0) is 18.3. The summed E-state index contributed by atoms with van der Waals surface area (Å²) >= 11 is 0. The summed E-state index contributed by atoms with van der Waals surface area (Å²) in [7, 11) is 1.81. The lowest BCUT2D eigenvalue weighted by molar-refractivity contribution is -1.12. The molecule has 3 saturated heterocycles. The molecule has 0 amide bonds. The van der Waals surface area contributed by atoms with Gasteiger partial charge in [-0.3, -0.25) is 10.3 Å². The van der Waals surface area contributed by atoms with Gasteiger partial charge in [0.25, 0.3) is 6.02 Å². The maximum Gasteiger partial charge on any atom is 0.291 e. The number of hydrogen-bond donors (Lipinski definition) is 1. The summed E-state index contributed by atoms with van der Waals surface area (Å²) < 4.78 is 7.08. The van der Waals surface area contributed by atoms with Crippen molar-refractivity contribution in [2.45, 2.75) is 18.4 Å². The molecule has 4 aliphatic heterocycles. The second-order valence-corrected chi connectivity index (χ2v) is 7.70. The van der Waals surface area contributed by atoms with Crippen LogP contribution in [0.15, 0.2) is 47.8 Å². The number of pyridine rings is 2. The lowest BCUT2D eigenvalue weighted by Crippen LogP contribution is -2.69. The molecule has 1 unspecified atom stereocenters. The van der Waals surface area contributed by atoms with E-state index >= 15 is 0 Å². The minimum atomic E-state index is -0.240. The summed E-state index contributed by atoms with van der Waals surface area (Å²) in [5, 5.41) is 3.26. The number of nitrogens with zero attached hydrogens (tertiary/aromatic N) is 4. The van der Waals surface area contributed by atoms with Gasteiger partial charge in [0, 0.05) is 42.9 Å². The second kappa shape index (κ2) is 6.28. The predicted molar refractivity (Wildman–Crippen MR) is 102 cm³/mol. The number of amidine groups is 1. The zero-order valence-electron chi connectivity index (χ0n) is 15.5. The van der Waals surface area contributed by atoms with Crippen molar-refractivity contribution in [3.8, 4) is 11.1 Å². The van der Waals surface area contributed by atoms with Crippen LogP contribution in [-0.4, -0.2) is 59.5 Å². The van der Waals surface area contributed by atoms with Crippen molar-refractivity contribution in [1.29, 1.82) is 0 Å². The van der Waals surface area contributed by atoms with Gasteiger partial charge < -0.3 is 4.74 Å². The number of quaternary nitrogens is 1. The van der Waals surface area contributed by atoms with Crippen molar-refractivity contribution in [2.24, 2.45) is 10.9 Å². The van der Waals surface area contributed by atoms with Crippen LogP contribution in [0.5, 0.6) is 0 Å². The number of nitrogens with one attached hydrogen (secondary N) is 1. The molecule has 2 bridgehead atoms. The molecule has 4 aliphatic rings. The zero-order valence-corrected chi connectivity index (χ0v) is 15.5. The van der Waals surface area contributed by atoms with Gasteiger partial charge in [-0.25, -0.2) is 14.8 Å². The Morgan fingerprint density at radius 2 is 2.11 bits per heavy atom. The molecule has 7 nitrogen and oxygen atoms in total. The van der Waals surface area contributed by atoms with Crippen molar-refractivity contribution >= 4 is 11.8 Å². The quantitative estimate of drug-likeness (QED) is 0.846. The fourth-order valence-corrected chi connectivity index (χ4v) is 4.73. The van der Waals surface area contributed by atoms with E-state index in [4.69, 9.17) is 9.57 Å². The standard InChI is InChI=1S/C20H24N5O2/c1-26-25-9-5-17(6-10-25)20(14-25)13-23-19(27-20)24-18-11-15(4-8-22-18)16-3-2-7-21-12-16/h2-4,7-8,11-12,17H,5-6,9-10,13-14H2,1H3,(H,22,23,24)/q+1. The van der Waals surface area contributed by atoms with E-state index in [2.05, 4.69) is 20.3 Å². The number of aromatic nitrogens is 2. The number of fused-ring (bicyclic) bond motifs is 2. The molecule has 0 saturated carbocycles. The lowest BCUT2D eigenvalue weighted by atomic mass is 9.75. The normalized spacial score (nSPS) is 31.6. The summed E-state index contributed by atoms with van der Waals surface area (Å²) in [5.74, 6) is 1.27. The van der Waals surface area contributed by atoms with Crippen LogP contribution < -0.4 is 5.32 Å². The SMILES string of the molecule is CO[N+]12CCC(CC1)C1(CN=C(Nc3cc(-c4cccnc4)ccn3)O1)C2. The van der Waals surface area contributed by atoms with Gasteiger partial charge in [0.05, 0.1) is 13.7 Å². The van der Waals surface area contributed by atoms with Crippen molar-refractivity contribution in [2.75, 3.05) is 38.6 Å². The molecule has 1 N–H and O–H groups in total. The van der Waals surface area contributed by atoms with Gasteiger partial charge in [0.1, 0.15) is 18.9 Å². The molecular weight excluding hydrogens is 342 g/mol. The molecule has 0 radical (unpaired) electrons. The van der Waals surface area contributed by atoms with Crippen LogP contribution in [0.3, 0.4) is 0 Å². The molecule has 6 rings (SSSR count). The number of hydrogen-bond acceptors (Lipinski definition) is 6.